The van der Waals surface area contributed by atoms with Gasteiger partial charge < -0.3 is 10.1 Å². The number of rotatable bonds is 6. The first kappa shape index (κ1) is 17.0. The Morgan fingerprint density at radius 1 is 1.04 bits per heavy atom. The molecule has 3 aromatic rings. The molecule has 25 heavy (non-hydrogen) atoms. The first-order chi connectivity index (χ1) is 12.3. The Balaban J connectivity index is 1.59. The van der Waals surface area contributed by atoms with Gasteiger partial charge in [-0.3, -0.25) is 4.79 Å². The van der Waals surface area contributed by atoms with Gasteiger partial charge in [0.2, 0.25) is 5.91 Å². The second kappa shape index (κ2) is 8.31. The van der Waals surface area contributed by atoms with E-state index in [4.69, 9.17) is 4.74 Å². The molecule has 4 heteroatoms. The summed E-state index contributed by atoms with van der Waals surface area (Å²) in [5.74, 6) is 0.651. The molecule has 0 aliphatic heterocycles. The number of amides is 1. The van der Waals surface area contributed by atoms with Gasteiger partial charge in [0.1, 0.15) is 5.75 Å². The van der Waals surface area contributed by atoms with Crippen molar-refractivity contribution in [1.82, 2.24) is 5.32 Å². The number of hydrogen-bond donors (Lipinski definition) is 1. The quantitative estimate of drug-likeness (QED) is 0.652. The maximum absolute atomic E-state index is 12.0. The number of thiophene rings is 1. The summed E-state index contributed by atoms with van der Waals surface area (Å²) < 4.78 is 5.28. The Labute approximate surface area is 151 Å². The molecule has 126 valence electrons. The molecule has 0 aliphatic rings. The van der Waals surface area contributed by atoms with E-state index in [-0.39, 0.29) is 5.91 Å². The third kappa shape index (κ3) is 4.58. The van der Waals surface area contributed by atoms with Crippen LogP contribution in [0.3, 0.4) is 0 Å². The number of ether oxygens (including phenoxy) is 1. The van der Waals surface area contributed by atoms with Crippen molar-refractivity contribution in [3.05, 3.63) is 83.2 Å². The van der Waals surface area contributed by atoms with E-state index in [1.54, 1.807) is 24.5 Å². The highest BCUT2D eigenvalue weighted by atomic mass is 32.1. The van der Waals surface area contributed by atoms with Crippen LogP contribution in [-0.2, 0) is 11.3 Å². The van der Waals surface area contributed by atoms with E-state index in [0.717, 1.165) is 16.2 Å². The van der Waals surface area contributed by atoms with Gasteiger partial charge >= 0.3 is 0 Å². The fourth-order valence-electron chi connectivity index (χ4n) is 2.45. The zero-order chi connectivity index (χ0) is 17.5. The highest BCUT2D eigenvalue weighted by Gasteiger charge is 2.04. The molecule has 1 N–H and O–H groups in total. The van der Waals surface area contributed by atoms with Gasteiger partial charge in [0.25, 0.3) is 0 Å². The minimum Gasteiger partial charge on any atom is -0.496 e. The molecule has 0 spiro atoms. The van der Waals surface area contributed by atoms with Crippen LogP contribution in [-0.4, -0.2) is 13.0 Å². The monoisotopic (exact) mass is 349 g/mol. The van der Waals surface area contributed by atoms with E-state index in [9.17, 15) is 4.79 Å². The first-order valence-electron chi connectivity index (χ1n) is 7.99. The molecule has 3 nitrogen and oxygen atoms in total. The Morgan fingerprint density at radius 3 is 2.60 bits per heavy atom. The Kier molecular flexibility index (Phi) is 5.65. The lowest BCUT2D eigenvalue weighted by Gasteiger charge is -2.08. The molecule has 0 saturated carbocycles. The van der Waals surface area contributed by atoms with Crippen LogP contribution >= 0.6 is 11.3 Å². The number of hydrogen-bond acceptors (Lipinski definition) is 3. The predicted molar refractivity (Wildman–Crippen MR) is 104 cm³/mol. The zero-order valence-electron chi connectivity index (χ0n) is 13.9. The summed E-state index contributed by atoms with van der Waals surface area (Å²) in [6.45, 7) is 0.437. The van der Waals surface area contributed by atoms with Crippen molar-refractivity contribution < 1.29 is 9.53 Å². The van der Waals surface area contributed by atoms with Crippen LogP contribution in [0.25, 0.3) is 16.5 Å². The van der Waals surface area contributed by atoms with Crippen LogP contribution in [0, 0.1) is 0 Å². The molecule has 0 atom stereocenters. The van der Waals surface area contributed by atoms with Crippen molar-refractivity contribution >= 4 is 23.3 Å². The normalized spacial score (nSPS) is 10.8. The predicted octanol–water partition coefficient (Wildman–Crippen LogP) is 4.75. The van der Waals surface area contributed by atoms with E-state index in [0.29, 0.717) is 6.54 Å². The smallest absolute Gasteiger partial charge is 0.244 e. The Morgan fingerprint density at radius 2 is 1.80 bits per heavy atom. The van der Waals surface area contributed by atoms with Crippen molar-refractivity contribution in [2.45, 2.75) is 6.54 Å². The Bertz CT molecular complexity index is 868. The molecule has 0 fully saturated rings. The minimum absolute atomic E-state index is 0.124. The molecular weight excluding hydrogens is 330 g/mol. The minimum atomic E-state index is -0.124. The van der Waals surface area contributed by atoms with Gasteiger partial charge in [-0.2, -0.15) is 0 Å². The fraction of sp³-hybridized carbons (Fsp3) is 0.0952. The lowest BCUT2D eigenvalue weighted by atomic mass is 10.2. The molecule has 0 unspecified atom stereocenters. The maximum atomic E-state index is 12.0. The van der Waals surface area contributed by atoms with Crippen LogP contribution in [0.2, 0.25) is 0 Å². The maximum Gasteiger partial charge on any atom is 0.244 e. The second-order valence-corrected chi connectivity index (χ2v) is 6.55. The van der Waals surface area contributed by atoms with Gasteiger partial charge in [-0.05, 0) is 29.8 Å². The van der Waals surface area contributed by atoms with Crippen LogP contribution < -0.4 is 10.1 Å². The van der Waals surface area contributed by atoms with Gasteiger partial charge in [0, 0.05) is 27.9 Å². The summed E-state index contributed by atoms with van der Waals surface area (Å²) in [7, 11) is 1.63. The molecule has 0 radical (unpaired) electrons. The van der Waals surface area contributed by atoms with Crippen molar-refractivity contribution in [3.8, 4) is 16.2 Å². The van der Waals surface area contributed by atoms with Gasteiger partial charge in [-0.1, -0.05) is 48.5 Å². The summed E-state index contributed by atoms with van der Waals surface area (Å²) in [6, 6.07) is 22.0. The standard InChI is InChI=1S/C21H19NO2S/c1-24-19-10-6-5-9-17(19)15-22-21(23)14-12-18-11-13-20(25-18)16-7-3-2-4-8-16/h2-14H,15H2,1H3,(H,22,23)/b14-12+. The zero-order valence-corrected chi connectivity index (χ0v) is 14.8. The molecule has 1 aromatic heterocycles. The van der Waals surface area contributed by atoms with Crippen molar-refractivity contribution in [2.75, 3.05) is 7.11 Å². The number of carbonyl (C=O) groups excluding carboxylic acids is 1. The van der Waals surface area contributed by atoms with E-state index in [2.05, 4.69) is 23.5 Å². The molecule has 1 heterocycles. The summed E-state index contributed by atoms with van der Waals surface area (Å²) in [5, 5.41) is 2.88. The van der Waals surface area contributed by atoms with E-state index < -0.39 is 0 Å². The van der Waals surface area contributed by atoms with E-state index in [1.807, 2.05) is 54.6 Å². The lowest BCUT2D eigenvalue weighted by Crippen LogP contribution is -2.20. The number of methoxy groups -OCH3 is 1. The van der Waals surface area contributed by atoms with Gasteiger partial charge in [0.05, 0.1) is 7.11 Å². The summed E-state index contributed by atoms with van der Waals surface area (Å²) >= 11 is 1.66. The van der Waals surface area contributed by atoms with Crippen molar-refractivity contribution in [1.29, 1.82) is 0 Å². The molecule has 1 amide bonds. The molecule has 3 rings (SSSR count). The fourth-order valence-corrected chi connectivity index (χ4v) is 3.36. The first-order valence-corrected chi connectivity index (χ1v) is 8.81. The lowest BCUT2D eigenvalue weighted by molar-refractivity contribution is -0.116. The summed E-state index contributed by atoms with van der Waals surface area (Å²) in [4.78, 5) is 14.3. The van der Waals surface area contributed by atoms with Crippen molar-refractivity contribution in [3.63, 3.8) is 0 Å². The van der Waals surface area contributed by atoms with Gasteiger partial charge in [-0.15, -0.1) is 11.3 Å². The second-order valence-electron chi connectivity index (χ2n) is 5.43. The molecule has 2 aromatic carbocycles. The largest absolute Gasteiger partial charge is 0.496 e. The molecule has 0 bridgehead atoms. The van der Waals surface area contributed by atoms with Crippen LogP contribution in [0.4, 0.5) is 0 Å². The SMILES string of the molecule is COc1ccccc1CNC(=O)/C=C/c1ccc(-c2ccccc2)s1. The van der Waals surface area contributed by atoms with E-state index in [1.165, 1.54) is 10.4 Å². The van der Waals surface area contributed by atoms with Crippen LogP contribution in [0.1, 0.15) is 10.4 Å². The number of nitrogens with one attached hydrogen (secondary N) is 1. The highest BCUT2D eigenvalue weighted by molar-refractivity contribution is 7.16. The number of carbonyl (C=O) groups is 1. The topological polar surface area (TPSA) is 38.3 Å². The summed E-state index contributed by atoms with van der Waals surface area (Å²) in [5.41, 5.74) is 2.14. The molecular formula is C21H19NO2S. The van der Waals surface area contributed by atoms with Crippen molar-refractivity contribution in [2.24, 2.45) is 0 Å². The van der Waals surface area contributed by atoms with Gasteiger partial charge in [0.15, 0.2) is 0 Å². The van der Waals surface area contributed by atoms with E-state index >= 15 is 0 Å². The Hall–Kier alpha value is -2.85. The number of benzene rings is 2. The average molecular weight is 349 g/mol. The summed E-state index contributed by atoms with van der Waals surface area (Å²) in [6.07, 6.45) is 3.41. The van der Waals surface area contributed by atoms with Crippen LogP contribution in [0.15, 0.2) is 72.8 Å². The highest BCUT2D eigenvalue weighted by Crippen LogP contribution is 2.28. The molecule has 0 saturated heterocycles. The number of para-hydroxylation sites is 1. The third-order valence-corrected chi connectivity index (χ3v) is 4.83. The third-order valence-electron chi connectivity index (χ3n) is 3.73. The molecule has 0 aliphatic carbocycles. The van der Waals surface area contributed by atoms with Gasteiger partial charge in [-0.25, -0.2) is 0 Å². The van der Waals surface area contributed by atoms with Crippen LogP contribution in [0.5, 0.6) is 5.75 Å². The average Bonchev–Trinajstić information content (AvgIpc) is 3.14.